The Morgan fingerprint density at radius 2 is 1.66 bits per heavy atom. The van der Waals surface area contributed by atoms with E-state index in [0.29, 0.717) is 17.7 Å². The molecular formula is C27H18F3N3O2. The number of rotatable bonds is 5. The smallest absolute Gasteiger partial charge is 0.303 e. The van der Waals surface area contributed by atoms with Crippen molar-refractivity contribution < 1.29 is 22.8 Å². The molecule has 5 rings (SSSR count). The third kappa shape index (κ3) is 4.38. The first-order valence-electron chi connectivity index (χ1n) is 10.7. The lowest BCUT2D eigenvalue weighted by molar-refractivity contribution is -0.137. The van der Waals surface area contributed by atoms with Crippen LogP contribution in [-0.4, -0.2) is 18.0 Å². The van der Waals surface area contributed by atoms with E-state index in [4.69, 9.17) is 0 Å². The molecule has 1 aliphatic rings. The van der Waals surface area contributed by atoms with Gasteiger partial charge >= 0.3 is 6.18 Å². The van der Waals surface area contributed by atoms with Gasteiger partial charge in [0, 0.05) is 16.5 Å². The summed E-state index contributed by atoms with van der Waals surface area (Å²) in [6, 6.07) is 22.8. The molecule has 0 spiro atoms. The molecule has 4 aromatic rings. The van der Waals surface area contributed by atoms with Crippen LogP contribution in [0.4, 0.5) is 18.9 Å². The van der Waals surface area contributed by atoms with Crippen molar-refractivity contribution in [2.75, 3.05) is 4.90 Å². The fourth-order valence-corrected chi connectivity index (χ4v) is 4.11. The molecule has 0 atom stereocenters. The highest BCUT2D eigenvalue weighted by Crippen LogP contribution is 2.38. The molecule has 1 N–H and O–H groups in total. The van der Waals surface area contributed by atoms with Gasteiger partial charge in [-0.1, -0.05) is 48.5 Å². The van der Waals surface area contributed by atoms with Crippen LogP contribution >= 0.6 is 0 Å². The van der Waals surface area contributed by atoms with Gasteiger partial charge in [-0.2, -0.15) is 18.3 Å². The largest absolute Gasteiger partial charge is 0.416 e. The van der Waals surface area contributed by atoms with Crippen molar-refractivity contribution in [3.63, 3.8) is 0 Å². The Kier molecular flexibility index (Phi) is 5.56. The highest BCUT2D eigenvalue weighted by molar-refractivity contribution is 6.24. The van der Waals surface area contributed by atoms with E-state index in [1.807, 2.05) is 36.4 Å². The summed E-state index contributed by atoms with van der Waals surface area (Å²) in [7, 11) is 0. The number of nitrogens with zero attached hydrogens (tertiary/aromatic N) is 2. The molecule has 1 aliphatic heterocycles. The van der Waals surface area contributed by atoms with Gasteiger partial charge in [0.2, 0.25) is 0 Å². The normalized spacial score (nSPS) is 13.1. The van der Waals surface area contributed by atoms with Crippen LogP contribution in [0.2, 0.25) is 0 Å². The molecule has 174 valence electrons. The van der Waals surface area contributed by atoms with Gasteiger partial charge in [0.05, 0.1) is 24.0 Å². The average Bonchev–Trinajstić information content (AvgIpc) is 3.12. The van der Waals surface area contributed by atoms with E-state index in [2.05, 4.69) is 10.5 Å². The molecular weight excluding hydrogens is 455 g/mol. The number of halogens is 3. The number of hydrogen-bond donors (Lipinski definition) is 1. The van der Waals surface area contributed by atoms with Gasteiger partial charge in [-0.25, -0.2) is 5.43 Å². The summed E-state index contributed by atoms with van der Waals surface area (Å²) >= 11 is 0. The lowest BCUT2D eigenvalue weighted by Gasteiger charge is -2.18. The van der Waals surface area contributed by atoms with Crippen LogP contribution in [0, 0.1) is 0 Å². The molecule has 2 amide bonds. The third-order valence-corrected chi connectivity index (χ3v) is 5.80. The number of anilines is 1. The Hall–Kier alpha value is -4.46. The van der Waals surface area contributed by atoms with Gasteiger partial charge in [-0.3, -0.25) is 9.59 Å². The average molecular weight is 473 g/mol. The molecule has 0 unspecified atom stereocenters. The molecule has 0 bridgehead atoms. The standard InChI is InChI=1S/C27H18F3N3O2/c28-27(29,30)21-7-1-4-18(14-21)15-31-32-25(34)20-12-10-17(11-13-20)16-33-23-9-3-6-19-5-2-8-22(24(19)23)26(33)35/h1-15H,16H2,(H,32,34). The number of hydrogen-bond acceptors (Lipinski definition) is 3. The van der Waals surface area contributed by atoms with E-state index in [-0.39, 0.29) is 11.5 Å². The maximum Gasteiger partial charge on any atom is 0.416 e. The van der Waals surface area contributed by atoms with Crippen molar-refractivity contribution in [3.8, 4) is 0 Å². The van der Waals surface area contributed by atoms with Crippen molar-refractivity contribution in [2.45, 2.75) is 12.7 Å². The molecule has 0 fully saturated rings. The number of nitrogens with one attached hydrogen (secondary N) is 1. The van der Waals surface area contributed by atoms with E-state index in [0.717, 1.165) is 40.4 Å². The van der Waals surface area contributed by atoms with E-state index in [1.165, 1.54) is 12.1 Å². The Balaban J connectivity index is 1.25. The second-order valence-corrected chi connectivity index (χ2v) is 8.09. The first-order valence-corrected chi connectivity index (χ1v) is 10.7. The van der Waals surface area contributed by atoms with Gasteiger partial charge in [-0.15, -0.1) is 0 Å². The molecule has 0 saturated heterocycles. The van der Waals surface area contributed by atoms with Crippen LogP contribution in [0.25, 0.3) is 10.8 Å². The second kappa shape index (κ2) is 8.72. The highest BCUT2D eigenvalue weighted by atomic mass is 19.4. The highest BCUT2D eigenvalue weighted by Gasteiger charge is 2.30. The number of amides is 2. The molecule has 35 heavy (non-hydrogen) atoms. The lowest BCUT2D eigenvalue weighted by atomic mass is 10.1. The number of hydrazone groups is 1. The zero-order valence-electron chi connectivity index (χ0n) is 18.2. The minimum Gasteiger partial charge on any atom is -0.303 e. The first kappa shape index (κ1) is 22.3. The van der Waals surface area contributed by atoms with E-state index < -0.39 is 17.6 Å². The van der Waals surface area contributed by atoms with E-state index in [9.17, 15) is 22.8 Å². The molecule has 0 aromatic heterocycles. The maximum absolute atomic E-state index is 13.0. The van der Waals surface area contributed by atoms with Crippen LogP contribution in [0.3, 0.4) is 0 Å². The molecule has 8 heteroatoms. The summed E-state index contributed by atoms with van der Waals surface area (Å²) in [4.78, 5) is 27.0. The Bertz CT molecular complexity index is 1470. The fraction of sp³-hybridized carbons (Fsp3) is 0.0741. The summed E-state index contributed by atoms with van der Waals surface area (Å²) < 4.78 is 38.4. The van der Waals surface area contributed by atoms with Crippen LogP contribution in [0.1, 0.15) is 37.4 Å². The Labute approximate surface area is 198 Å². The number of carbonyl (C=O) groups excluding carboxylic acids is 2. The summed E-state index contributed by atoms with van der Waals surface area (Å²) in [6.07, 6.45) is -3.30. The van der Waals surface area contributed by atoms with Crippen molar-refractivity contribution in [1.29, 1.82) is 0 Å². The van der Waals surface area contributed by atoms with Crippen molar-refractivity contribution in [2.24, 2.45) is 5.10 Å². The topological polar surface area (TPSA) is 61.8 Å². The molecule has 0 radical (unpaired) electrons. The quantitative estimate of drug-likeness (QED) is 0.295. The van der Waals surface area contributed by atoms with Crippen molar-refractivity contribution in [1.82, 2.24) is 5.43 Å². The van der Waals surface area contributed by atoms with Gasteiger partial charge in [-0.05, 0) is 52.9 Å². The molecule has 0 aliphatic carbocycles. The van der Waals surface area contributed by atoms with Gasteiger partial charge < -0.3 is 4.90 Å². The summed E-state index contributed by atoms with van der Waals surface area (Å²) in [5.74, 6) is -0.572. The minimum atomic E-state index is -4.45. The van der Waals surface area contributed by atoms with Crippen molar-refractivity contribution >= 4 is 34.5 Å². The second-order valence-electron chi connectivity index (χ2n) is 8.09. The summed E-state index contributed by atoms with van der Waals surface area (Å²) in [5, 5.41) is 5.70. The SMILES string of the molecule is O=C(NN=Cc1cccc(C(F)(F)F)c1)c1ccc(CN2C(=O)c3cccc4cccc2c34)cc1. The number of alkyl halides is 3. The minimum absolute atomic E-state index is 0.0671. The maximum atomic E-state index is 13.0. The van der Waals surface area contributed by atoms with Crippen LogP contribution in [-0.2, 0) is 12.7 Å². The molecule has 4 aromatic carbocycles. The van der Waals surface area contributed by atoms with E-state index in [1.54, 1.807) is 29.2 Å². The van der Waals surface area contributed by atoms with Gasteiger partial charge in [0.25, 0.3) is 11.8 Å². The predicted molar refractivity (Wildman–Crippen MR) is 127 cm³/mol. The van der Waals surface area contributed by atoms with Crippen LogP contribution in [0.5, 0.6) is 0 Å². The van der Waals surface area contributed by atoms with Crippen LogP contribution in [0.15, 0.2) is 90.0 Å². The molecule has 0 saturated carbocycles. The summed E-state index contributed by atoms with van der Waals surface area (Å²) in [6.45, 7) is 0.349. The summed E-state index contributed by atoms with van der Waals surface area (Å²) in [5.41, 5.74) is 4.43. The first-order chi connectivity index (χ1) is 16.8. The molecule has 5 nitrogen and oxygen atoms in total. The number of benzene rings is 4. The monoisotopic (exact) mass is 473 g/mol. The van der Waals surface area contributed by atoms with Crippen LogP contribution < -0.4 is 10.3 Å². The number of carbonyl (C=O) groups is 2. The lowest BCUT2D eigenvalue weighted by Crippen LogP contribution is -2.26. The Morgan fingerprint density at radius 1 is 0.943 bits per heavy atom. The zero-order chi connectivity index (χ0) is 24.6. The van der Waals surface area contributed by atoms with Gasteiger partial charge in [0.1, 0.15) is 0 Å². The van der Waals surface area contributed by atoms with E-state index >= 15 is 0 Å². The Morgan fingerprint density at radius 3 is 2.40 bits per heavy atom. The van der Waals surface area contributed by atoms with Crippen molar-refractivity contribution in [3.05, 3.63) is 113 Å². The molecule has 1 heterocycles. The predicted octanol–water partition coefficient (Wildman–Crippen LogP) is 5.78. The van der Waals surface area contributed by atoms with Gasteiger partial charge in [0.15, 0.2) is 0 Å². The fourth-order valence-electron chi connectivity index (χ4n) is 4.11. The third-order valence-electron chi connectivity index (χ3n) is 5.80. The zero-order valence-corrected chi connectivity index (χ0v) is 18.2.